The first-order valence-corrected chi connectivity index (χ1v) is 7.34. The van der Waals surface area contributed by atoms with E-state index in [1.54, 1.807) is 0 Å². The van der Waals surface area contributed by atoms with Crippen LogP contribution in [-0.4, -0.2) is 42.0 Å². The van der Waals surface area contributed by atoms with Gasteiger partial charge in [0.1, 0.15) is 6.04 Å². The fourth-order valence-corrected chi connectivity index (χ4v) is 3.05. The van der Waals surface area contributed by atoms with Gasteiger partial charge in [0.25, 0.3) is 0 Å². The molecule has 2 aliphatic heterocycles. The zero-order valence-corrected chi connectivity index (χ0v) is 12.2. The van der Waals surface area contributed by atoms with Crippen LogP contribution in [-0.2, 0) is 14.3 Å². The van der Waals surface area contributed by atoms with Crippen molar-refractivity contribution in [3.8, 4) is 0 Å². The van der Waals surface area contributed by atoms with Crippen molar-refractivity contribution < 1.29 is 14.3 Å². The second-order valence-corrected chi connectivity index (χ2v) is 5.95. The molecule has 2 aliphatic rings. The van der Waals surface area contributed by atoms with Gasteiger partial charge in [-0.3, -0.25) is 9.59 Å². The van der Waals surface area contributed by atoms with E-state index in [4.69, 9.17) is 4.74 Å². The van der Waals surface area contributed by atoms with Gasteiger partial charge in [-0.05, 0) is 18.9 Å². The van der Waals surface area contributed by atoms with Crippen molar-refractivity contribution >= 4 is 11.8 Å². The Morgan fingerprint density at radius 2 is 2.05 bits per heavy atom. The molecule has 3 rings (SSSR count). The van der Waals surface area contributed by atoms with Crippen LogP contribution in [0.3, 0.4) is 0 Å². The molecule has 1 aromatic carbocycles. The van der Waals surface area contributed by atoms with Crippen LogP contribution in [0.1, 0.15) is 31.4 Å². The summed E-state index contributed by atoms with van der Waals surface area (Å²) in [6.45, 7) is 3.69. The Balaban J connectivity index is 1.92. The Labute approximate surface area is 124 Å². The number of nitrogens with one attached hydrogen (secondary N) is 1. The molecule has 0 bridgehead atoms. The number of carbonyl (C=O) groups is 2. The van der Waals surface area contributed by atoms with Crippen LogP contribution in [0.25, 0.3) is 0 Å². The fourth-order valence-electron chi connectivity index (χ4n) is 3.05. The first kappa shape index (κ1) is 14.1. The summed E-state index contributed by atoms with van der Waals surface area (Å²) >= 11 is 0. The summed E-state index contributed by atoms with van der Waals surface area (Å²) in [6.07, 6.45) is 1.15. The number of hydrogen-bond acceptors (Lipinski definition) is 3. The Hall–Kier alpha value is -1.88. The molecule has 1 N–H and O–H groups in total. The van der Waals surface area contributed by atoms with Gasteiger partial charge in [-0.15, -0.1) is 0 Å². The topological polar surface area (TPSA) is 58.6 Å². The van der Waals surface area contributed by atoms with Gasteiger partial charge in [-0.25, -0.2) is 0 Å². The van der Waals surface area contributed by atoms with Crippen LogP contribution in [0.2, 0.25) is 0 Å². The van der Waals surface area contributed by atoms with Gasteiger partial charge >= 0.3 is 0 Å². The summed E-state index contributed by atoms with van der Waals surface area (Å²) in [4.78, 5) is 26.7. The van der Waals surface area contributed by atoms with Gasteiger partial charge in [0.15, 0.2) is 0 Å². The van der Waals surface area contributed by atoms with Crippen LogP contribution in [0.4, 0.5) is 0 Å². The van der Waals surface area contributed by atoms with Gasteiger partial charge in [-0.1, -0.05) is 30.3 Å². The first-order chi connectivity index (χ1) is 10.1. The molecule has 2 fully saturated rings. The third-order valence-corrected chi connectivity index (χ3v) is 4.36. The predicted molar refractivity (Wildman–Crippen MR) is 77.5 cm³/mol. The maximum absolute atomic E-state index is 12.9. The van der Waals surface area contributed by atoms with E-state index in [9.17, 15) is 9.59 Å². The average Bonchev–Trinajstić information content (AvgIpc) is 2.86. The van der Waals surface area contributed by atoms with Crippen molar-refractivity contribution in [1.82, 2.24) is 10.2 Å². The van der Waals surface area contributed by atoms with Crippen LogP contribution >= 0.6 is 0 Å². The van der Waals surface area contributed by atoms with Gasteiger partial charge in [0, 0.05) is 19.6 Å². The molecule has 1 aromatic rings. The van der Waals surface area contributed by atoms with Crippen LogP contribution in [0.15, 0.2) is 30.3 Å². The molecule has 0 radical (unpaired) electrons. The molecule has 5 nitrogen and oxygen atoms in total. The number of amides is 2. The van der Waals surface area contributed by atoms with Crippen molar-refractivity contribution in [2.45, 2.75) is 31.3 Å². The summed E-state index contributed by atoms with van der Waals surface area (Å²) in [5.74, 6) is -0.123. The monoisotopic (exact) mass is 288 g/mol. The van der Waals surface area contributed by atoms with E-state index in [1.807, 2.05) is 42.2 Å². The summed E-state index contributed by atoms with van der Waals surface area (Å²) in [5, 5.41) is 2.84. The van der Waals surface area contributed by atoms with E-state index in [1.165, 1.54) is 0 Å². The highest BCUT2D eigenvalue weighted by atomic mass is 16.5. The number of benzene rings is 1. The lowest BCUT2D eigenvalue weighted by molar-refractivity contribution is -0.139. The van der Waals surface area contributed by atoms with E-state index < -0.39 is 6.04 Å². The van der Waals surface area contributed by atoms with Gasteiger partial charge in [0.2, 0.25) is 11.8 Å². The number of carbonyl (C=O) groups excluding carboxylic acids is 2. The molecule has 112 valence electrons. The largest absolute Gasteiger partial charge is 0.379 e. The molecule has 2 unspecified atom stereocenters. The standard InChI is InChI=1S/C16H20N2O3/c1-16(8-10-21-11-16)18-9-7-13(19)17-14(15(18)20)12-5-3-2-4-6-12/h2-6,14H,7-11H2,1H3,(H,17,19). The van der Waals surface area contributed by atoms with Crippen molar-refractivity contribution in [2.24, 2.45) is 0 Å². The quantitative estimate of drug-likeness (QED) is 0.891. The van der Waals surface area contributed by atoms with E-state index in [0.717, 1.165) is 12.0 Å². The summed E-state index contributed by atoms with van der Waals surface area (Å²) in [5.41, 5.74) is 0.515. The first-order valence-electron chi connectivity index (χ1n) is 7.34. The lowest BCUT2D eigenvalue weighted by atomic mass is 9.96. The summed E-state index contributed by atoms with van der Waals surface area (Å²) in [6, 6.07) is 8.81. The maximum atomic E-state index is 12.9. The van der Waals surface area contributed by atoms with Crippen LogP contribution in [0, 0.1) is 0 Å². The molecular formula is C16H20N2O3. The second kappa shape index (κ2) is 5.48. The van der Waals surface area contributed by atoms with Gasteiger partial charge in [0.05, 0.1) is 12.1 Å². The highest BCUT2D eigenvalue weighted by Gasteiger charge is 2.43. The highest BCUT2D eigenvalue weighted by molar-refractivity contribution is 5.91. The zero-order valence-electron chi connectivity index (χ0n) is 12.2. The smallest absolute Gasteiger partial charge is 0.250 e. The molecule has 2 atom stereocenters. The SMILES string of the molecule is CC1(N2CCC(=O)NC(c3ccccc3)C2=O)CCOC1. The van der Waals surface area contributed by atoms with Crippen LogP contribution in [0.5, 0.6) is 0 Å². The Kier molecular flexibility index (Phi) is 3.68. The number of nitrogens with zero attached hydrogens (tertiary/aromatic N) is 1. The number of ether oxygens (including phenoxy) is 1. The summed E-state index contributed by atoms with van der Waals surface area (Å²) in [7, 11) is 0. The zero-order chi connectivity index (χ0) is 14.9. The molecule has 0 spiro atoms. The minimum atomic E-state index is -0.598. The molecule has 2 saturated heterocycles. The third kappa shape index (κ3) is 2.65. The fraction of sp³-hybridized carbons (Fsp3) is 0.500. The minimum Gasteiger partial charge on any atom is -0.379 e. The van der Waals surface area contributed by atoms with Gasteiger partial charge in [-0.2, -0.15) is 0 Å². The van der Waals surface area contributed by atoms with Crippen molar-refractivity contribution in [3.63, 3.8) is 0 Å². The molecule has 0 aromatic heterocycles. The van der Waals surface area contributed by atoms with E-state index in [0.29, 0.717) is 26.2 Å². The Morgan fingerprint density at radius 1 is 1.29 bits per heavy atom. The van der Waals surface area contributed by atoms with Crippen molar-refractivity contribution in [2.75, 3.05) is 19.8 Å². The molecule has 2 amide bonds. The normalized spacial score (nSPS) is 30.1. The molecule has 21 heavy (non-hydrogen) atoms. The highest BCUT2D eigenvalue weighted by Crippen LogP contribution is 2.30. The Bertz CT molecular complexity index is 538. The number of rotatable bonds is 2. The molecule has 0 aliphatic carbocycles. The third-order valence-electron chi connectivity index (χ3n) is 4.36. The molecular weight excluding hydrogens is 268 g/mol. The van der Waals surface area contributed by atoms with Crippen molar-refractivity contribution in [1.29, 1.82) is 0 Å². The second-order valence-electron chi connectivity index (χ2n) is 5.95. The van der Waals surface area contributed by atoms with E-state index in [2.05, 4.69) is 5.32 Å². The number of hydrogen-bond donors (Lipinski definition) is 1. The lowest BCUT2D eigenvalue weighted by Crippen LogP contribution is -2.52. The predicted octanol–water partition coefficient (Wildman–Crippen LogP) is 1.26. The lowest BCUT2D eigenvalue weighted by Gasteiger charge is -2.37. The van der Waals surface area contributed by atoms with E-state index >= 15 is 0 Å². The summed E-state index contributed by atoms with van der Waals surface area (Å²) < 4.78 is 5.47. The van der Waals surface area contributed by atoms with E-state index in [-0.39, 0.29) is 17.4 Å². The Morgan fingerprint density at radius 3 is 2.71 bits per heavy atom. The molecule has 0 saturated carbocycles. The van der Waals surface area contributed by atoms with Crippen molar-refractivity contribution in [3.05, 3.63) is 35.9 Å². The van der Waals surface area contributed by atoms with Crippen LogP contribution < -0.4 is 5.32 Å². The average molecular weight is 288 g/mol. The molecule has 5 heteroatoms. The molecule has 2 heterocycles. The minimum absolute atomic E-state index is 0.0416. The maximum Gasteiger partial charge on any atom is 0.250 e. The van der Waals surface area contributed by atoms with Gasteiger partial charge < -0.3 is 15.0 Å².